The number of rotatable bonds is 3. The van der Waals surface area contributed by atoms with Crippen LogP contribution >= 0.6 is 0 Å². The Balaban J connectivity index is 1.55. The SMILES string of the molecule is CNc1ccc2c(c1)Cc1cccc(-c3cc(N4CCOCC4)cc(=O)[nH]3)c1O2. The molecule has 6 heteroatoms. The predicted octanol–water partition coefficient (Wildman–Crippen LogP) is 3.62. The van der Waals surface area contributed by atoms with Crippen LogP contribution in [0, 0.1) is 0 Å². The van der Waals surface area contributed by atoms with E-state index >= 15 is 0 Å². The van der Waals surface area contributed by atoms with Crippen LogP contribution in [-0.4, -0.2) is 38.3 Å². The maximum absolute atomic E-state index is 12.4. The molecule has 1 saturated heterocycles. The highest BCUT2D eigenvalue weighted by molar-refractivity contribution is 5.74. The van der Waals surface area contributed by atoms with Crippen LogP contribution in [0.2, 0.25) is 0 Å². The third-order valence-corrected chi connectivity index (χ3v) is 5.53. The Morgan fingerprint density at radius 2 is 1.90 bits per heavy atom. The standard InChI is InChI=1S/C23H23N3O3/c1-24-17-5-6-21-16(12-17)11-15-3-2-4-19(23(15)29-21)20-13-18(14-22(27)25-20)26-7-9-28-10-8-26/h2-6,12-14,24H,7-11H2,1H3,(H,25,27). The lowest BCUT2D eigenvalue weighted by Gasteiger charge is -2.29. The Labute approximate surface area is 169 Å². The fourth-order valence-electron chi connectivity index (χ4n) is 4.02. The number of ether oxygens (including phenoxy) is 2. The van der Waals surface area contributed by atoms with Gasteiger partial charge in [0.2, 0.25) is 5.56 Å². The highest BCUT2D eigenvalue weighted by Gasteiger charge is 2.22. The summed E-state index contributed by atoms with van der Waals surface area (Å²) < 4.78 is 11.7. The van der Waals surface area contributed by atoms with Crippen molar-refractivity contribution in [2.75, 3.05) is 43.6 Å². The fraction of sp³-hybridized carbons (Fsp3) is 0.261. The number of hydrogen-bond acceptors (Lipinski definition) is 5. The third-order valence-electron chi connectivity index (χ3n) is 5.53. The molecule has 6 nitrogen and oxygen atoms in total. The van der Waals surface area contributed by atoms with Crippen LogP contribution in [0.25, 0.3) is 11.3 Å². The minimum Gasteiger partial charge on any atom is -0.456 e. The Bertz CT molecular complexity index is 1120. The summed E-state index contributed by atoms with van der Waals surface area (Å²) in [5, 5.41) is 3.17. The van der Waals surface area contributed by atoms with Gasteiger partial charge >= 0.3 is 0 Å². The van der Waals surface area contributed by atoms with Gasteiger partial charge in [-0.15, -0.1) is 0 Å². The molecule has 3 aromatic rings. The number of morpholine rings is 1. The van der Waals surface area contributed by atoms with Gasteiger partial charge in [0.15, 0.2) is 0 Å². The van der Waals surface area contributed by atoms with Crippen molar-refractivity contribution in [3.8, 4) is 22.8 Å². The topological polar surface area (TPSA) is 66.6 Å². The molecule has 3 heterocycles. The number of aromatic nitrogens is 1. The molecule has 2 aliphatic heterocycles. The average molecular weight is 389 g/mol. The molecule has 2 aromatic carbocycles. The van der Waals surface area contributed by atoms with Gasteiger partial charge in [0.05, 0.1) is 18.9 Å². The van der Waals surface area contributed by atoms with Gasteiger partial charge in [-0.3, -0.25) is 4.79 Å². The lowest BCUT2D eigenvalue weighted by molar-refractivity contribution is 0.122. The van der Waals surface area contributed by atoms with Gasteiger partial charge in [-0.2, -0.15) is 0 Å². The number of H-pyrrole nitrogens is 1. The van der Waals surface area contributed by atoms with Crippen LogP contribution in [0.15, 0.2) is 53.3 Å². The van der Waals surface area contributed by atoms with Crippen molar-refractivity contribution >= 4 is 11.4 Å². The average Bonchev–Trinajstić information content (AvgIpc) is 2.77. The Kier molecular flexibility index (Phi) is 4.48. The quantitative estimate of drug-likeness (QED) is 0.560. The molecule has 0 bridgehead atoms. The van der Waals surface area contributed by atoms with Gasteiger partial charge in [-0.05, 0) is 35.9 Å². The van der Waals surface area contributed by atoms with E-state index in [9.17, 15) is 4.79 Å². The number of para-hydroxylation sites is 1. The summed E-state index contributed by atoms with van der Waals surface area (Å²) in [5.74, 6) is 1.67. The molecular formula is C23H23N3O3. The van der Waals surface area contributed by atoms with Gasteiger partial charge in [0.1, 0.15) is 11.5 Å². The van der Waals surface area contributed by atoms with E-state index in [1.54, 1.807) is 6.07 Å². The van der Waals surface area contributed by atoms with E-state index < -0.39 is 0 Å². The summed E-state index contributed by atoms with van der Waals surface area (Å²) in [7, 11) is 1.91. The van der Waals surface area contributed by atoms with Crippen LogP contribution in [-0.2, 0) is 11.2 Å². The zero-order valence-corrected chi connectivity index (χ0v) is 16.3. The van der Waals surface area contributed by atoms with Crippen molar-refractivity contribution in [3.05, 3.63) is 70.0 Å². The molecule has 0 atom stereocenters. The number of pyridine rings is 1. The van der Waals surface area contributed by atoms with E-state index in [4.69, 9.17) is 9.47 Å². The highest BCUT2D eigenvalue weighted by Crippen LogP contribution is 2.43. The molecular weight excluding hydrogens is 366 g/mol. The Morgan fingerprint density at radius 1 is 1.03 bits per heavy atom. The van der Waals surface area contributed by atoms with E-state index in [1.807, 2.05) is 37.4 Å². The van der Waals surface area contributed by atoms with Gasteiger partial charge in [-0.1, -0.05) is 12.1 Å². The molecule has 0 spiro atoms. The first-order valence-corrected chi connectivity index (χ1v) is 9.89. The van der Waals surface area contributed by atoms with E-state index in [0.29, 0.717) is 13.2 Å². The number of nitrogens with zero attached hydrogens (tertiary/aromatic N) is 1. The zero-order chi connectivity index (χ0) is 19.8. The summed E-state index contributed by atoms with van der Waals surface area (Å²) >= 11 is 0. The minimum absolute atomic E-state index is 0.114. The van der Waals surface area contributed by atoms with Crippen molar-refractivity contribution in [1.29, 1.82) is 0 Å². The fourth-order valence-corrected chi connectivity index (χ4v) is 4.02. The molecule has 29 heavy (non-hydrogen) atoms. The molecule has 148 valence electrons. The summed E-state index contributed by atoms with van der Waals surface area (Å²) in [5.41, 5.74) is 5.80. The number of aromatic amines is 1. The number of benzene rings is 2. The lowest BCUT2D eigenvalue weighted by Crippen LogP contribution is -2.36. The van der Waals surface area contributed by atoms with Crippen molar-refractivity contribution < 1.29 is 9.47 Å². The van der Waals surface area contributed by atoms with E-state index in [0.717, 1.165) is 64.8 Å². The molecule has 0 radical (unpaired) electrons. The van der Waals surface area contributed by atoms with Crippen LogP contribution in [0.4, 0.5) is 11.4 Å². The molecule has 0 amide bonds. The normalized spacial score (nSPS) is 15.3. The first-order chi connectivity index (χ1) is 14.2. The van der Waals surface area contributed by atoms with Gasteiger partial charge < -0.3 is 24.7 Å². The Hall–Kier alpha value is -3.25. The highest BCUT2D eigenvalue weighted by atomic mass is 16.5. The number of nitrogens with one attached hydrogen (secondary N) is 2. The second kappa shape index (κ2) is 7.29. The molecule has 2 aliphatic rings. The van der Waals surface area contributed by atoms with Crippen molar-refractivity contribution in [2.45, 2.75) is 6.42 Å². The first kappa shape index (κ1) is 17.8. The molecule has 0 aliphatic carbocycles. The predicted molar refractivity (Wildman–Crippen MR) is 114 cm³/mol. The smallest absolute Gasteiger partial charge is 0.250 e. The van der Waals surface area contributed by atoms with E-state index in [-0.39, 0.29) is 5.56 Å². The zero-order valence-electron chi connectivity index (χ0n) is 16.3. The third kappa shape index (κ3) is 3.36. The maximum atomic E-state index is 12.4. The second-order valence-corrected chi connectivity index (χ2v) is 7.36. The van der Waals surface area contributed by atoms with Gasteiger partial charge in [0, 0.05) is 55.1 Å². The maximum Gasteiger partial charge on any atom is 0.250 e. The number of anilines is 2. The number of fused-ring (bicyclic) bond motifs is 2. The molecule has 1 aromatic heterocycles. The van der Waals surface area contributed by atoms with Crippen LogP contribution in [0.5, 0.6) is 11.5 Å². The lowest BCUT2D eigenvalue weighted by atomic mass is 9.96. The van der Waals surface area contributed by atoms with Gasteiger partial charge in [0.25, 0.3) is 0 Å². The molecule has 0 unspecified atom stereocenters. The molecule has 1 fully saturated rings. The van der Waals surface area contributed by atoms with Crippen molar-refractivity contribution in [2.24, 2.45) is 0 Å². The summed E-state index contributed by atoms with van der Waals surface area (Å²) in [4.78, 5) is 17.6. The molecule has 5 rings (SSSR count). The largest absolute Gasteiger partial charge is 0.456 e. The molecule has 2 N–H and O–H groups in total. The Morgan fingerprint density at radius 3 is 2.72 bits per heavy atom. The first-order valence-electron chi connectivity index (χ1n) is 9.89. The van der Waals surface area contributed by atoms with Crippen LogP contribution in [0.3, 0.4) is 0 Å². The van der Waals surface area contributed by atoms with Crippen molar-refractivity contribution in [3.63, 3.8) is 0 Å². The van der Waals surface area contributed by atoms with E-state index in [2.05, 4.69) is 27.3 Å². The van der Waals surface area contributed by atoms with Crippen LogP contribution in [0.1, 0.15) is 11.1 Å². The second-order valence-electron chi connectivity index (χ2n) is 7.36. The summed E-state index contributed by atoms with van der Waals surface area (Å²) in [6, 6.07) is 15.9. The van der Waals surface area contributed by atoms with E-state index in [1.165, 1.54) is 0 Å². The van der Waals surface area contributed by atoms with Crippen molar-refractivity contribution in [1.82, 2.24) is 4.98 Å². The minimum atomic E-state index is -0.114. The van der Waals surface area contributed by atoms with Crippen LogP contribution < -0.4 is 20.5 Å². The number of hydrogen-bond donors (Lipinski definition) is 2. The summed E-state index contributed by atoms with van der Waals surface area (Å²) in [6.45, 7) is 2.93. The van der Waals surface area contributed by atoms with Gasteiger partial charge in [-0.25, -0.2) is 0 Å². The summed E-state index contributed by atoms with van der Waals surface area (Å²) in [6.07, 6.45) is 0.793. The monoisotopic (exact) mass is 389 g/mol. The molecule has 0 saturated carbocycles.